The highest BCUT2D eigenvalue weighted by Crippen LogP contribution is 2.30. The number of amides is 1. The van der Waals surface area contributed by atoms with Crippen molar-refractivity contribution < 1.29 is 9.53 Å². The third-order valence-electron chi connectivity index (χ3n) is 3.63. The van der Waals surface area contributed by atoms with Crippen LogP contribution in [0, 0.1) is 0 Å². The number of hydrogen-bond acceptors (Lipinski definition) is 3. The van der Waals surface area contributed by atoms with Crippen LogP contribution in [0.3, 0.4) is 0 Å². The van der Waals surface area contributed by atoms with Gasteiger partial charge in [0.25, 0.3) is 5.91 Å². The number of nitrogens with zero attached hydrogens (tertiary/aromatic N) is 1. The number of carbonyl (C=O) groups excluding carboxylic acids is 1. The van der Waals surface area contributed by atoms with E-state index in [1.807, 2.05) is 4.90 Å². The van der Waals surface area contributed by atoms with Crippen LogP contribution in [-0.2, 0) is 4.74 Å². The highest BCUT2D eigenvalue weighted by atomic mass is 16.5. The fourth-order valence-corrected chi connectivity index (χ4v) is 2.73. The summed E-state index contributed by atoms with van der Waals surface area (Å²) < 4.78 is 5.48. The first kappa shape index (κ1) is 10.6. The van der Waals surface area contributed by atoms with Gasteiger partial charge in [0, 0.05) is 11.3 Å². The van der Waals surface area contributed by atoms with Crippen LogP contribution in [0.25, 0.3) is 0 Å². The summed E-state index contributed by atoms with van der Waals surface area (Å²) in [6, 6.07) is 7.67. The maximum atomic E-state index is 12.4. The number of benzene rings is 1. The third-order valence-corrected chi connectivity index (χ3v) is 3.63. The largest absolute Gasteiger partial charge is 0.399 e. The van der Waals surface area contributed by atoms with Gasteiger partial charge >= 0.3 is 0 Å². The SMILES string of the molecule is Nc1ccc(C(=O)N2C3CCC2COC3)cc1. The molecule has 2 N–H and O–H groups in total. The summed E-state index contributed by atoms with van der Waals surface area (Å²) in [4.78, 5) is 14.4. The molecule has 1 aromatic rings. The van der Waals surface area contributed by atoms with Crippen LogP contribution in [0.5, 0.6) is 0 Å². The molecule has 0 aromatic heterocycles. The first-order chi connectivity index (χ1) is 8.25. The summed E-state index contributed by atoms with van der Waals surface area (Å²) in [7, 11) is 0. The first-order valence-corrected chi connectivity index (χ1v) is 6.01. The number of morpholine rings is 1. The van der Waals surface area contributed by atoms with Gasteiger partial charge < -0.3 is 15.4 Å². The number of fused-ring (bicyclic) bond motifs is 2. The van der Waals surface area contributed by atoms with Crippen LogP contribution in [0.4, 0.5) is 5.69 Å². The van der Waals surface area contributed by atoms with Crippen LogP contribution in [0.1, 0.15) is 23.2 Å². The lowest BCUT2D eigenvalue weighted by molar-refractivity contribution is -0.00715. The van der Waals surface area contributed by atoms with Crippen molar-refractivity contribution in [3.8, 4) is 0 Å². The van der Waals surface area contributed by atoms with Crippen molar-refractivity contribution in [3.05, 3.63) is 29.8 Å². The van der Waals surface area contributed by atoms with Gasteiger partial charge in [-0.2, -0.15) is 0 Å². The van der Waals surface area contributed by atoms with E-state index in [1.54, 1.807) is 24.3 Å². The Hall–Kier alpha value is -1.55. The Balaban J connectivity index is 1.84. The van der Waals surface area contributed by atoms with Gasteiger partial charge in [-0.05, 0) is 37.1 Å². The maximum Gasteiger partial charge on any atom is 0.254 e. The fourth-order valence-electron chi connectivity index (χ4n) is 2.73. The molecular weight excluding hydrogens is 216 g/mol. The minimum absolute atomic E-state index is 0.112. The minimum atomic E-state index is 0.112. The van der Waals surface area contributed by atoms with Crippen molar-refractivity contribution in [2.75, 3.05) is 18.9 Å². The number of hydrogen-bond donors (Lipinski definition) is 1. The van der Waals surface area contributed by atoms with Crippen LogP contribution in [0.15, 0.2) is 24.3 Å². The molecule has 2 saturated heterocycles. The second-order valence-corrected chi connectivity index (χ2v) is 4.76. The van der Waals surface area contributed by atoms with Gasteiger partial charge in [-0.1, -0.05) is 0 Å². The van der Waals surface area contributed by atoms with E-state index in [-0.39, 0.29) is 18.0 Å². The van der Waals surface area contributed by atoms with Crippen LogP contribution >= 0.6 is 0 Å². The molecule has 0 aliphatic carbocycles. The molecular formula is C13H16N2O2. The zero-order valence-corrected chi connectivity index (χ0v) is 9.63. The molecule has 0 spiro atoms. The molecule has 17 heavy (non-hydrogen) atoms. The molecule has 2 fully saturated rings. The van der Waals surface area contributed by atoms with Gasteiger partial charge in [0.15, 0.2) is 0 Å². The normalized spacial score (nSPS) is 27.2. The Morgan fingerprint density at radius 2 is 1.76 bits per heavy atom. The van der Waals surface area contributed by atoms with Crippen molar-refractivity contribution in [1.82, 2.24) is 4.90 Å². The van der Waals surface area contributed by atoms with Crippen molar-refractivity contribution in [2.24, 2.45) is 0 Å². The van der Waals surface area contributed by atoms with E-state index >= 15 is 0 Å². The Kier molecular flexibility index (Phi) is 2.52. The lowest BCUT2D eigenvalue weighted by Gasteiger charge is -2.34. The van der Waals surface area contributed by atoms with Gasteiger partial charge in [0.1, 0.15) is 0 Å². The average molecular weight is 232 g/mol. The molecule has 0 saturated carbocycles. The van der Waals surface area contributed by atoms with E-state index in [1.165, 1.54) is 0 Å². The molecule has 2 atom stereocenters. The topological polar surface area (TPSA) is 55.6 Å². The van der Waals surface area contributed by atoms with Crippen LogP contribution < -0.4 is 5.73 Å². The van der Waals surface area contributed by atoms with E-state index < -0.39 is 0 Å². The molecule has 4 nitrogen and oxygen atoms in total. The number of ether oxygens (including phenoxy) is 1. The summed E-state index contributed by atoms with van der Waals surface area (Å²) in [5, 5.41) is 0. The molecule has 1 amide bonds. The average Bonchev–Trinajstić information content (AvgIpc) is 2.59. The Bertz CT molecular complexity index is 414. The molecule has 0 radical (unpaired) electrons. The van der Waals surface area contributed by atoms with Crippen molar-refractivity contribution in [1.29, 1.82) is 0 Å². The van der Waals surface area contributed by atoms with E-state index in [4.69, 9.17) is 10.5 Å². The Morgan fingerprint density at radius 3 is 2.35 bits per heavy atom. The van der Waals surface area contributed by atoms with Crippen LogP contribution in [0.2, 0.25) is 0 Å². The van der Waals surface area contributed by atoms with Gasteiger partial charge in [-0.25, -0.2) is 0 Å². The summed E-state index contributed by atoms with van der Waals surface area (Å²) in [5.41, 5.74) is 7.03. The van der Waals surface area contributed by atoms with E-state index in [9.17, 15) is 4.79 Å². The third kappa shape index (κ3) is 1.78. The molecule has 90 valence electrons. The predicted molar refractivity (Wildman–Crippen MR) is 64.7 cm³/mol. The number of rotatable bonds is 1. The molecule has 2 aliphatic rings. The summed E-state index contributed by atoms with van der Waals surface area (Å²) >= 11 is 0. The highest BCUT2D eigenvalue weighted by Gasteiger charge is 2.40. The first-order valence-electron chi connectivity index (χ1n) is 6.01. The Morgan fingerprint density at radius 1 is 1.18 bits per heavy atom. The van der Waals surface area contributed by atoms with Crippen molar-refractivity contribution in [3.63, 3.8) is 0 Å². The summed E-state index contributed by atoms with van der Waals surface area (Å²) in [6.07, 6.45) is 2.12. The van der Waals surface area contributed by atoms with Gasteiger partial charge in [-0.3, -0.25) is 4.79 Å². The van der Waals surface area contributed by atoms with Gasteiger partial charge in [0.05, 0.1) is 25.3 Å². The minimum Gasteiger partial charge on any atom is -0.399 e. The zero-order chi connectivity index (χ0) is 11.8. The van der Waals surface area contributed by atoms with E-state index in [0.29, 0.717) is 18.9 Å². The number of nitrogen functional groups attached to an aromatic ring is 1. The molecule has 3 rings (SSSR count). The summed E-state index contributed by atoms with van der Waals surface area (Å²) in [6.45, 7) is 1.36. The molecule has 1 aromatic carbocycles. The lowest BCUT2D eigenvalue weighted by atomic mass is 10.1. The molecule has 2 bridgehead atoms. The lowest BCUT2D eigenvalue weighted by Crippen LogP contribution is -2.49. The molecule has 2 aliphatic heterocycles. The molecule has 2 heterocycles. The molecule has 4 heteroatoms. The van der Waals surface area contributed by atoms with Gasteiger partial charge in [-0.15, -0.1) is 0 Å². The highest BCUT2D eigenvalue weighted by molar-refractivity contribution is 5.95. The van der Waals surface area contributed by atoms with Crippen molar-refractivity contribution >= 4 is 11.6 Å². The fraction of sp³-hybridized carbons (Fsp3) is 0.462. The standard InChI is InChI=1S/C13H16N2O2/c14-10-3-1-9(2-4-10)13(16)15-11-5-6-12(15)8-17-7-11/h1-4,11-12H,5-8,14H2. The Labute approximate surface area is 100 Å². The predicted octanol–water partition coefficient (Wildman–Crippen LogP) is 1.27. The second-order valence-electron chi connectivity index (χ2n) is 4.76. The van der Waals surface area contributed by atoms with E-state index in [0.717, 1.165) is 18.4 Å². The van der Waals surface area contributed by atoms with Crippen molar-refractivity contribution in [2.45, 2.75) is 24.9 Å². The zero-order valence-electron chi connectivity index (χ0n) is 9.63. The summed E-state index contributed by atoms with van der Waals surface area (Å²) in [5.74, 6) is 0.112. The molecule has 2 unspecified atom stereocenters. The quantitative estimate of drug-likeness (QED) is 0.742. The second kappa shape index (κ2) is 4.04. The maximum absolute atomic E-state index is 12.4. The van der Waals surface area contributed by atoms with E-state index in [2.05, 4.69) is 0 Å². The number of carbonyl (C=O) groups is 1. The number of nitrogens with two attached hydrogens (primary N) is 1. The van der Waals surface area contributed by atoms with Gasteiger partial charge in [0.2, 0.25) is 0 Å². The smallest absolute Gasteiger partial charge is 0.254 e. The van der Waals surface area contributed by atoms with Crippen LogP contribution in [-0.4, -0.2) is 36.1 Å². The monoisotopic (exact) mass is 232 g/mol. The number of anilines is 1.